The molecule has 2 aromatic rings. The Kier molecular flexibility index (Phi) is 4.43. The Hall–Kier alpha value is -3.09. The minimum atomic E-state index is -0.162. The van der Waals surface area contributed by atoms with E-state index in [1.165, 1.54) is 5.69 Å². The number of ether oxygens (including phenoxy) is 2. The Morgan fingerprint density at radius 1 is 1.19 bits per heavy atom. The Labute approximate surface area is 158 Å². The molecule has 2 aliphatic rings. The lowest BCUT2D eigenvalue weighted by Crippen LogP contribution is -2.34. The van der Waals surface area contributed by atoms with Crippen molar-refractivity contribution in [3.63, 3.8) is 0 Å². The van der Waals surface area contributed by atoms with Crippen molar-refractivity contribution in [3.8, 4) is 11.5 Å². The molecule has 1 aromatic carbocycles. The van der Waals surface area contributed by atoms with Gasteiger partial charge in [-0.3, -0.25) is 4.79 Å². The summed E-state index contributed by atoms with van der Waals surface area (Å²) in [6.07, 6.45) is 6.28. The van der Waals surface area contributed by atoms with Crippen molar-refractivity contribution in [2.75, 3.05) is 26.1 Å². The van der Waals surface area contributed by atoms with Crippen LogP contribution >= 0.6 is 0 Å². The monoisotopic (exact) mass is 368 g/mol. The maximum absolute atomic E-state index is 12.6. The summed E-state index contributed by atoms with van der Waals surface area (Å²) in [5.41, 5.74) is 2.51. The summed E-state index contributed by atoms with van der Waals surface area (Å²) in [4.78, 5) is 14.9. The van der Waals surface area contributed by atoms with E-state index in [1.807, 2.05) is 6.20 Å². The molecule has 7 nitrogen and oxygen atoms in total. The molecule has 142 valence electrons. The number of aromatic nitrogens is 1. The van der Waals surface area contributed by atoms with Crippen LogP contribution in [-0.4, -0.2) is 36.1 Å². The molecule has 1 saturated heterocycles. The molecule has 3 heterocycles. The van der Waals surface area contributed by atoms with E-state index in [4.69, 9.17) is 9.47 Å². The van der Waals surface area contributed by atoms with Gasteiger partial charge >= 0.3 is 0 Å². The number of methoxy groups -OCH3 is 2. The van der Waals surface area contributed by atoms with E-state index in [0.717, 1.165) is 19.4 Å². The molecule has 0 bridgehead atoms. The standard InChI is InChI=1S/C20H24N4O3/c1-23-8-4-6-15(23)16-7-5-9-24(16)12-19-21-14-11-18(27-3)17(26-2)10-13(14)20(25)22-19/h4,6,8,10-12,16,21H,5,7,9H2,1-3H3,(H,22,25). The van der Waals surface area contributed by atoms with Crippen molar-refractivity contribution in [2.24, 2.45) is 7.05 Å². The Morgan fingerprint density at radius 3 is 2.67 bits per heavy atom. The molecule has 0 aliphatic carbocycles. The molecule has 1 amide bonds. The van der Waals surface area contributed by atoms with Crippen molar-refractivity contribution < 1.29 is 14.3 Å². The maximum atomic E-state index is 12.6. The van der Waals surface area contributed by atoms with Crippen LogP contribution in [0.15, 0.2) is 42.5 Å². The van der Waals surface area contributed by atoms with Crippen LogP contribution in [0.1, 0.15) is 34.9 Å². The smallest absolute Gasteiger partial charge is 0.259 e. The first-order chi connectivity index (χ1) is 13.1. The highest BCUT2D eigenvalue weighted by molar-refractivity contribution is 6.04. The van der Waals surface area contributed by atoms with Gasteiger partial charge in [0.25, 0.3) is 5.91 Å². The fourth-order valence-electron chi connectivity index (χ4n) is 3.85. The van der Waals surface area contributed by atoms with Gasteiger partial charge < -0.3 is 29.6 Å². The van der Waals surface area contributed by atoms with E-state index < -0.39 is 0 Å². The summed E-state index contributed by atoms with van der Waals surface area (Å²) < 4.78 is 12.8. The number of rotatable bonds is 4. The maximum Gasteiger partial charge on any atom is 0.259 e. The zero-order chi connectivity index (χ0) is 19.0. The molecule has 0 saturated carbocycles. The van der Waals surface area contributed by atoms with E-state index in [1.54, 1.807) is 26.4 Å². The second-order valence-corrected chi connectivity index (χ2v) is 6.81. The first-order valence-corrected chi connectivity index (χ1v) is 9.04. The molecule has 7 heteroatoms. The molecular weight excluding hydrogens is 344 g/mol. The molecule has 1 atom stereocenters. The van der Waals surface area contributed by atoms with Crippen LogP contribution in [0, 0.1) is 0 Å². The average molecular weight is 368 g/mol. The molecule has 4 rings (SSSR count). The number of hydrogen-bond acceptors (Lipinski definition) is 5. The van der Waals surface area contributed by atoms with Gasteiger partial charge in [0.2, 0.25) is 0 Å². The van der Waals surface area contributed by atoms with E-state index in [0.29, 0.717) is 34.6 Å². The van der Waals surface area contributed by atoms with E-state index in [9.17, 15) is 4.79 Å². The number of nitrogens with zero attached hydrogens (tertiary/aromatic N) is 2. The zero-order valence-electron chi connectivity index (χ0n) is 15.8. The number of amides is 1. The van der Waals surface area contributed by atoms with E-state index >= 15 is 0 Å². The molecular formula is C20H24N4O3. The zero-order valence-corrected chi connectivity index (χ0v) is 15.8. The predicted molar refractivity (Wildman–Crippen MR) is 103 cm³/mol. The third-order valence-corrected chi connectivity index (χ3v) is 5.20. The van der Waals surface area contributed by atoms with Gasteiger partial charge in [0.05, 0.1) is 31.5 Å². The van der Waals surface area contributed by atoms with Crippen LogP contribution in [0.2, 0.25) is 0 Å². The summed E-state index contributed by atoms with van der Waals surface area (Å²) in [6.45, 7) is 0.954. The fraction of sp³-hybridized carbons (Fsp3) is 0.350. The lowest BCUT2D eigenvalue weighted by atomic mass is 10.1. The SMILES string of the molecule is COc1cc2c(cc1OC)C(=O)NC(=CN1CCCC1c1cccn1C)N2. The highest BCUT2D eigenvalue weighted by Crippen LogP contribution is 2.36. The van der Waals surface area contributed by atoms with Crippen molar-refractivity contribution in [1.82, 2.24) is 14.8 Å². The number of benzene rings is 1. The number of fused-ring (bicyclic) bond motifs is 1. The van der Waals surface area contributed by atoms with Gasteiger partial charge in [-0.25, -0.2) is 0 Å². The molecule has 1 unspecified atom stereocenters. The Bertz CT molecular complexity index is 903. The van der Waals surface area contributed by atoms with Crippen molar-refractivity contribution in [3.05, 3.63) is 53.7 Å². The van der Waals surface area contributed by atoms with Gasteiger partial charge in [0, 0.05) is 37.7 Å². The summed E-state index contributed by atoms with van der Waals surface area (Å²) in [5, 5.41) is 6.24. The number of carbonyl (C=O) groups excluding carboxylic acids is 1. The second kappa shape index (κ2) is 6.90. The lowest BCUT2D eigenvalue weighted by molar-refractivity contribution is 0.0962. The molecule has 2 aliphatic heterocycles. The molecule has 1 aromatic heterocycles. The molecule has 27 heavy (non-hydrogen) atoms. The lowest BCUT2D eigenvalue weighted by Gasteiger charge is -2.28. The summed E-state index contributed by atoms with van der Waals surface area (Å²) in [5.74, 6) is 1.62. The largest absolute Gasteiger partial charge is 0.493 e. The normalized spacial score (nSPS) is 20.3. The van der Waals surface area contributed by atoms with Crippen LogP contribution in [0.25, 0.3) is 0 Å². The summed E-state index contributed by atoms with van der Waals surface area (Å²) >= 11 is 0. The van der Waals surface area contributed by atoms with Crippen LogP contribution in [-0.2, 0) is 7.05 Å². The summed E-state index contributed by atoms with van der Waals surface area (Å²) in [7, 11) is 5.20. The van der Waals surface area contributed by atoms with E-state index in [2.05, 4.69) is 45.5 Å². The van der Waals surface area contributed by atoms with Crippen molar-refractivity contribution in [1.29, 1.82) is 0 Å². The topological polar surface area (TPSA) is 67.8 Å². The number of likely N-dealkylation sites (tertiary alicyclic amines) is 1. The predicted octanol–water partition coefficient (Wildman–Crippen LogP) is 2.83. The molecule has 1 fully saturated rings. The minimum absolute atomic E-state index is 0.162. The van der Waals surface area contributed by atoms with Gasteiger partial charge in [-0.05, 0) is 31.0 Å². The number of hydrogen-bond donors (Lipinski definition) is 2. The first-order valence-electron chi connectivity index (χ1n) is 9.04. The number of anilines is 1. The second-order valence-electron chi connectivity index (χ2n) is 6.81. The molecule has 2 N–H and O–H groups in total. The van der Waals surface area contributed by atoms with E-state index in [-0.39, 0.29) is 5.91 Å². The third kappa shape index (κ3) is 3.09. The van der Waals surface area contributed by atoms with Gasteiger partial charge in [0.1, 0.15) is 5.82 Å². The Morgan fingerprint density at radius 2 is 1.96 bits per heavy atom. The highest BCUT2D eigenvalue weighted by Gasteiger charge is 2.28. The third-order valence-electron chi connectivity index (χ3n) is 5.20. The van der Waals surface area contributed by atoms with Gasteiger partial charge in [0.15, 0.2) is 11.5 Å². The van der Waals surface area contributed by atoms with Gasteiger partial charge in [-0.15, -0.1) is 0 Å². The summed E-state index contributed by atoms with van der Waals surface area (Å²) in [6, 6.07) is 8.01. The van der Waals surface area contributed by atoms with Crippen LogP contribution < -0.4 is 20.1 Å². The van der Waals surface area contributed by atoms with Crippen LogP contribution in [0.4, 0.5) is 5.69 Å². The number of aryl methyl sites for hydroxylation is 1. The van der Waals surface area contributed by atoms with Gasteiger partial charge in [-0.1, -0.05) is 0 Å². The van der Waals surface area contributed by atoms with Crippen molar-refractivity contribution in [2.45, 2.75) is 18.9 Å². The Balaban J connectivity index is 1.63. The molecule has 0 radical (unpaired) electrons. The first kappa shape index (κ1) is 17.3. The van der Waals surface area contributed by atoms with Crippen molar-refractivity contribution >= 4 is 11.6 Å². The molecule has 0 spiro atoms. The van der Waals surface area contributed by atoms with Crippen LogP contribution in [0.5, 0.6) is 11.5 Å². The number of nitrogens with one attached hydrogen (secondary N) is 2. The highest BCUT2D eigenvalue weighted by atomic mass is 16.5. The minimum Gasteiger partial charge on any atom is -0.493 e. The van der Waals surface area contributed by atoms with Crippen LogP contribution in [0.3, 0.4) is 0 Å². The fourth-order valence-corrected chi connectivity index (χ4v) is 3.85. The average Bonchev–Trinajstić information content (AvgIpc) is 3.29. The quantitative estimate of drug-likeness (QED) is 0.869. The van der Waals surface area contributed by atoms with Gasteiger partial charge in [-0.2, -0.15) is 0 Å². The number of carbonyl (C=O) groups is 1.